The highest BCUT2D eigenvalue weighted by atomic mass is 16.5. The lowest BCUT2D eigenvalue weighted by atomic mass is 9.47. The van der Waals surface area contributed by atoms with Gasteiger partial charge in [-0.2, -0.15) is 0 Å². The van der Waals surface area contributed by atoms with E-state index in [1.165, 1.54) is 5.57 Å². The van der Waals surface area contributed by atoms with Gasteiger partial charge in [0.1, 0.15) is 11.9 Å². The van der Waals surface area contributed by atoms with Crippen LogP contribution in [0.25, 0.3) is 0 Å². The number of esters is 1. The number of carbonyl (C=O) groups excluding carboxylic acids is 3. The van der Waals surface area contributed by atoms with Gasteiger partial charge in [0.15, 0.2) is 5.78 Å². The van der Waals surface area contributed by atoms with Gasteiger partial charge in [-0.15, -0.1) is 0 Å². The number of ether oxygens (including phenoxy) is 1. The van der Waals surface area contributed by atoms with Gasteiger partial charge in [0.2, 0.25) is 5.91 Å². The Labute approximate surface area is 201 Å². The van der Waals surface area contributed by atoms with Crippen LogP contribution in [-0.4, -0.2) is 23.8 Å². The van der Waals surface area contributed by atoms with E-state index >= 15 is 0 Å². The monoisotopic (exact) mass is 467 g/mol. The summed E-state index contributed by atoms with van der Waals surface area (Å²) >= 11 is 0. The van der Waals surface area contributed by atoms with Crippen molar-refractivity contribution in [3.63, 3.8) is 0 Å². The molecule has 0 bridgehead atoms. The summed E-state index contributed by atoms with van der Waals surface area (Å²) in [7, 11) is 0. The smallest absolute Gasteiger partial charge is 0.306 e. The lowest BCUT2D eigenvalue weighted by molar-refractivity contribution is -0.160. The van der Waals surface area contributed by atoms with Crippen LogP contribution in [0.1, 0.15) is 83.8 Å². The lowest BCUT2D eigenvalue weighted by Gasteiger charge is -2.57. The SMILES string of the molecule is C[C@]12CC[C@@H]3[C@H](CCC4=CC(=O)CC[C@@]43C)[C@@H]1CC[C@H]2OC(=O)CCC(=O)NCc1ccco1. The Morgan fingerprint density at radius 3 is 2.74 bits per heavy atom. The summed E-state index contributed by atoms with van der Waals surface area (Å²) in [4.78, 5) is 36.8. The highest BCUT2D eigenvalue weighted by molar-refractivity contribution is 5.91. The normalized spacial score (nSPS) is 36.6. The molecule has 0 aliphatic heterocycles. The average Bonchev–Trinajstić information content (AvgIpc) is 3.45. The van der Waals surface area contributed by atoms with Crippen molar-refractivity contribution in [2.75, 3.05) is 0 Å². The van der Waals surface area contributed by atoms with Gasteiger partial charge in [0.05, 0.1) is 19.2 Å². The predicted molar refractivity (Wildman–Crippen MR) is 126 cm³/mol. The van der Waals surface area contributed by atoms with Crippen LogP contribution in [0.15, 0.2) is 34.5 Å². The number of rotatable bonds is 6. The molecule has 34 heavy (non-hydrogen) atoms. The predicted octanol–water partition coefficient (Wildman–Crippen LogP) is 5.12. The van der Waals surface area contributed by atoms with Gasteiger partial charge < -0.3 is 14.5 Å². The molecular formula is C28H37NO5. The first-order valence-electron chi connectivity index (χ1n) is 13.0. The van der Waals surface area contributed by atoms with Crippen LogP contribution in [-0.2, 0) is 25.7 Å². The second kappa shape index (κ2) is 9.01. The summed E-state index contributed by atoms with van der Waals surface area (Å²) in [6.07, 6.45) is 11.8. The minimum atomic E-state index is -0.270. The topological polar surface area (TPSA) is 85.6 Å². The van der Waals surface area contributed by atoms with Gasteiger partial charge in [0, 0.05) is 18.3 Å². The second-order valence-corrected chi connectivity index (χ2v) is 11.4. The van der Waals surface area contributed by atoms with E-state index in [1.54, 1.807) is 18.4 Å². The molecule has 4 aliphatic carbocycles. The number of furan rings is 1. The molecular weight excluding hydrogens is 430 g/mol. The van der Waals surface area contributed by atoms with Gasteiger partial charge in [0.25, 0.3) is 0 Å². The number of fused-ring (bicyclic) bond motifs is 5. The molecule has 0 saturated heterocycles. The standard InChI is InChI=1S/C28H37NO5/c1-27-13-11-19(30)16-18(27)5-6-21-22-7-8-24(28(22,2)14-12-23(21)27)34-26(32)10-9-25(31)29-17-20-4-3-15-33-20/h3-4,15-16,21-24H,5-14,17H2,1-2H3,(H,29,31)/t21-,22+,23-,24-,27+,28+/m1/s1. The zero-order valence-electron chi connectivity index (χ0n) is 20.4. The number of hydrogen-bond donors (Lipinski definition) is 1. The molecule has 6 heteroatoms. The summed E-state index contributed by atoms with van der Waals surface area (Å²) < 4.78 is 11.2. The van der Waals surface area contributed by atoms with Crippen molar-refractivity contribution in [1.29, 1.82) is 0 Å². The number of ketones is 1. The van der Waals surface area contributed by atoms with E-state index in [0.717, 1.165) is 44.9 Å². The van der Waals surface area contributed by atoms with Gasteiger partial charge in [-0.25, -0.2) is 0 Å². The minimum absolute atomic E-state index is 0.0143. The maximum atomic E-state index is 12.6. The van der Waals surface area contributed by atoms with E-state index in [0.29, 0.717) is 42.3 Å². The van der Waals surface area contributed by atoms with E-state index in [9.17, 15) is 14.4 Å². The molecule has 0 aromatic carbocycles. The van der Waals surface area contributed by atoms with E-state index in [1.807, 2.05) is 6.08 Å². The molecule has 0 spiro atoms. The van der Waals surface area contributed by atoms with Crippen LogP contribution in [0.2, 0.25) is 0 Å². The summed E-state index contributed by atoms with van der Waals surface area (Å²) in [5, 5.41) is 2.78. The Morgan fingerprint density at radius 1 is 1.09 bits per heavy atom. The Hall–Kier alpha value is -2.37. The summed E-state index contributed by atoms with van der Waals surface area (Å²) in [5.41, 5.74) is 1.57. The third kappa shape index (κ3) is 4.14. The van der Waals surface area contributed by atoms with E-state index in [-0.39, 0.29) is 41.7 Å². The van der Waals surface area contributed by atoms with Crippen molar-refractivity contribution in [2.24, 2.45) is 28.6 Å². The molecule has 6 atom stereocenters. The highest BCUT2D eigenvalue weighted by Crippen LogP contribution is 2.65. The van der Waals surface area contributed by atoms with Crippen LogP contribution in [0.5, 0.6) is 0 Å². The Balaban J connectivity index is 1.17. The zero-order valence-corrected chi connectivity index (χ0v) is 20.4. The number of carbonyl (C=O) groups is 3. The van der Waals surface area contributed by atoms with E-state index in [4.69, 9.17) is 9.15 Å². The van der Waals surface area contributed by atoms with Crippen molar-refractivity contribution in [2.45, 2.75) is 90.7 Å². The molecule has 1 heterocycles. The van der Waals surface area contributed by atoms with Crippen LogP contribution in [0, 0.1) is 28.6 Å². The number of allylic oxidation sites excluding steroid dienone is 1. The molecule has 3 saturated carbocycles. The zero-order chi connectivity index (χ0) is 23.9. The number of amides is 1. The average molecular weight is 468 g/mol. The summed E-state index contributed by atoms with van der Waals surface area (Å²) in [5.74, 6) is 2.39. The molecule has 0 radical (unpaired) electrons. The molecule has 1 amide bonds. The quantitative estimate of drug-likeness (QED) is 0.587. The number of nitrogens with one attached hydrogen (secondary N) is 1. The fourth-order valence-electron chi connectivity index (χ4n) is 7.83. The first-order valence-corrected chi connectivity index (χ1v) is 13.0. The molecule has 1 N–H and O–H groups in total. The van der Waals surface area contributed by atoms with Gasteiger partial charge in [-0.05, 0) is 86.3 Å². The third-order valence-corrected chi connectivity index (χ3v) is 9.74. The van der Waals surface area contributed by atoms with Gasteiger partial charge >= 0.3 is 5.97 Å². The molecule has 184 valence electrons. The first-order chi connectivity index (χ1) is 16.3. The van der Waals surface area contributed by atoms with Gasteiger partial charge in [-0.3, -0.25) is 14.4 Å². The largest absolute Gasteiger partial charge is 0.467 e. The van der Waals surface area contributed by atoms with Crippen molar-refractivity contribution in [1.82, 2.24) is 5.32 Å². The molecule has 1 aromatic heterocycles. The molecule has 4 aliphatic rings. The van der Waals surface area contributed by atoms with Crippen LogP contribution in [0.3, 0.4) is 0 Å². The highest BCUT2D eigenvalue weighted by Gasteiger charge is 2.59. The Kier molecular flexibility index (Phi) is 6.19. The minimum Gasteiger partial charge on any atom is -0.467 e. The lowest BCUT2D eigenvalue weighted by Crippen LogP contribution is -2.51. The van der Waals surface area contributed by atoms with E-state index < -0.39 is 0 Å². The Morgan fingerprint density at radius 2 is 1.94 bits per heavy atom. The molecule has 3 fully saturated rings. The molecule has 0 unspecified atom stereocenters. The third-order valence-electron chi connectivity index (χ3n) is 9.74. The number of hydrogen-bond acceptors (Lipinski definition) is 5. The van der Waals surface area contributed by atoms with Crippen molar-refractivity contribution in [3.8, 4) is 0 Å². The molecule has 6 nitrogen and oxygen atoms in total. The Bertz CT molecular complexity index is 981. The van der Waals surface area contributed by atoms with Crippen LogP contribution >= 0.6 is 0 Å². The summed E-state index contributed by atoms with van der Waals surface area (Å²) in [6.45, 7) is 5.05. The fourth-order valence-corrected chi connectivity index (χ4v) is 7.83. The van der Waals surface area contributed by atoms with Crippen molar-refractivity contribution >= 4 is 17.7 Å². The van der Waals surface area contributed by atoms with Crippen molar-refractivity contribution in [3.05, 3.63) is 35.8 Å². The molecule has 5 rings (SSSR count). The van der Waals surface area contributed by atoms with Gasteiger partial charge in [-0.1, -0.05) is 19.4 Å². The second-order valence-electron chi connectivity index (χ2n) is 11.4. The maximum Gasteiger partial charge on any atom is 0.306 e. The summed E-state index contributed by atoms with van der Waals surface area (Å²) in [6, 6.07) is 3.58. The van der Waals surface area contributed by atoms with Crippen LogP contribution < -0.4 is 5.32 Å². The maximum absolute atomic E-state index is 12.6. The first kappa shape index (κ1) is 23.4. The van der Waals surface area contributed by atoms with E-state index in [2.05, 4.69) is 19.2 Å². The molecule has 1 aromatic rings. The van der Waals surface area contributed by atoms with Crippen molar-refractivity contribution < 1.29 is 23.5 Å². The fraction of sp³-hybridized carbons (Fsp3) is 0.679. The van der Waals surface area contributed by atoms with Crippen LogP contribution in [0.4, 0.5) is 0 Å².